The first kappa shape index (κ1) is 5.26. The van der Waals surface area contributed by atoms with Crippen molar-refractivity contribution in [1.82, 2.24) is 5.34 Å². The van der Waals surface area contributed by atoms with E-state index in [2.05, 4.69) is 0 Å². The fourth-order valence-corrected chi connectivity index (χ4v) is 0. The van der Waals surface area contributed by atoms with Crippen molar-refractivity contribution in [1.29, 1.82) is 5.41 Å². The molecule has 1 N–H and O–H groups in total. The average Bonchev–Trinajstić information content (AvgIpc) is 1.36. The zero-order valence-electron chi connectivity index (χ0n) is 2.58. The SMILES string of the molecule is N=C(F)N(F)F. The van der Waals surface area contributed by atoms with Gasteiger partial charge in [0.05, 0.1) is 0 Å². The van der Waals surface area contributed by atoms with Crippen LogP contribution in [0.4, 0.5) is 13.4 Å². The van der Waals surface area contributed by atoms with E-state index in [1.807, 2.05) is 0 Å². The summed E-state index contributed by atoms with van der Waals surface area (Å²) in [7, 11) is 0. The van der Waals surface area contributed by atoms with Gasteiger partial charge in [0.25, 0.3) is 0 Å². The van der Waals surface area contributed by atoms with Crippen molar-refractivity contribution in [3.05, 3.63) is 0 Å². The van der Waals surface area contributed by atoms with Crippen molar-refractivity contribution in [3.63, 3.8) is 0 Å². The Labute approximate surface area is 31.6 Å². The van der Waals surface area contributed by atoms with Crippen LogP contribution < -0.4 is 0 Å². The van der Waals surface area contributed by atoms with E-state index in [-0.39, 0.29) is 0 Å². The van der Waals surface area contributed by atoms with Crippen molar-refractivity contribution in [2.24, 2.45) is 0 Å². The molecule has 0 rings (SSSR count). The number of halogens is 3. The fourth-order valence-electron chi connectivity index (χ4n) is 0. The van der Waals surface area contributed by atoms with Crippen molar-refractivity contribution < 1.29 is 13.4 Å². The van der Waals surface area contributed by atoms with Crippen molar-refractivity contribution in [3.8, 4) is 0 Å². The van der Waals surface area contributed by atoms with Gasteiger partial charge in [0.15, 0.2) is 0 Å². The maximum Gasteiger partial charge on any atom is 0.337 e. The van der Waals surface area contributed by atoms with Crippen LogP contribution in [0.25, 0.3) is 0 Å². The minimum atomic E-state index is -2.24. The lowest BCUT2D eigenvalue weighted by atomic mass is 11.3. The van der Waals surface area contributed by atoms with Gasteiger partial charge in [0.2, 0.25) is 0 Å². The molecule has 0 bridgehead atoms. The molecule has 6 heavy (non-hydrogen) atoms. The topological polar surface area (TPSA) is 27.1 Å². The molecule has 0 fully saturated rings. The third-order valence-corrected chi connectivity index (χ3v) is 0.148. The third kappa shape index (κ3) is 1.57. The molecule has 5 heteroatoms. The molecule has 0 heterocycles. The van der Waals surface area contributed by atoms with E-state index in [9.17, 15) is 13.4 Å². The molecule has 0 atom stereocenters. The molecule has 0 aromatic rings. The molecule has 0 radical (unpaired) electrons. The number of nitrogens with zero attached hydrogens (tertiary/aromatic N) is 1. The Morgan fingerprint density at radius 3 is 1.67 bits per heavy atom. The van der Waals surface area contributed by atoms with Crippen LogP contribution in [0.5, 0.6) is 0 Å². The zero-order valence-corrected chi connectivity index (χ0v) is 2.58. The van der Waals surface area contributed by atoms with E-state index < -0.39 is 11.4 Å². The minimum absolute atomic E-state index is 1.92. The molecule has 0 aromatic heterocycles. The number of nitrogens with one attached hydrogen (secondary N) is 1. The molecule has 0 saturated heterocycles. The highest BCUT2D eigenvalue weighted by atomic mass is 19.4. The maximum atomic E-state index is 10.6. The molecule has 0 saturated carbocycles. The standard InChI is InChI=1S/CHF3N2/c2-1(5)6(3)4/h5H. The van der Waals surface area contributed by atoms with Gasteiger partial charge in [0.1, 0.15) is 0 Å². The van der Waals surface area contributed by atoms with Gasteiger partial charge in [-0.15, -0.1) is 0 Å². The van der Waals surface area contributed by atoms with Crippen LogP contribution in [0.3, 0.4) is 0 Å². The Hall–Kier alpha value is -0.740. The molecular weight excluding hydrogens is 97.0 g/mol. The summed E-state index contributed by atoms with van der Waals surface area (Å²) in [6.45, 7) is 0. The van der Waals surface area contributed by atoms with E-state index in [0.29, 0.717) is 0 Å². The number of amidine groups is 1. The highest BCUT2D eigenvalue weighted by Gasteiger charge is 2.00. The lowest BCUT2D eigenvalue weighted by Gasteiger charge is -1.86. The Morgan fingerprint density at radius 1 is 1.50 bits per heavy atom. The molecular formula is CHF3N2. The first-order valence-corrected chi connectivity index (χ1v) is 1.00. The monoisotopic (exact) mass is 98.0 g/mol. The quantitative estimate of drug-likeness (QED) is 0.208. The first-order valence-electron chi connectivity index (χ1n) is 1.00. The fraction of sp³-hybridized carbons (Fsp3) is 0. The molecule has 0 amide bonds. The molecule has 0 aliphatic heterocycles. The van der Waals surface area contributed by atoms with Crippen LogP contribution in [-0.2, 0) is 0 Å². The maximum absolute atomic E-state index is 10.6. The van der Waals surface area contributed by atoms with E-state index in [0.717, 1.165) is 0 Å². The van der Waals surface area contributed by atoms with Gasteiger partial charge < -0.3 is 0 Å². The van der Waals surface area contributed by atoms with E-state index in [1.54, 1.807) is 0 Å². The lowest BCUT2D eigenvalue weighted by Crippen LogP contribution is -2.03. The van der Waals surface area contributed by atoms with E-state index in [1.165, 1.54) is 0 Å². The number of rotatable bonds is 0. The van der Waals surface area contributed by atoms with Gasteiger partial charge >= 0.3 is 6.09 Å². The molecule has 0 spiro atoms. The van der Waals surface area contributed by atoms with Crippen LogP contribution in [0.15, 0.2) is 0 Å². The second-order valence-electron chi connectivity index (χ2n) is 0.524. The van der Waals surface area contributed by atoms with Gasteiger partial charge in [-0.2, -0.15) is 4.39 Å². The van der Waals surface area contributed by atoms with E-state index >= 15 is 0 Å². The molecule has 36 valence electrons. The van der Waals surface area contributed by atoms with Crippen molar-refractivity contribution in [2.75, 3.05) is 0 Å². The molecule has 2 nitrogen and oxygen atoms in total. The normalized spacial score (nSPS) is 7.83. The molecule has 0 aliphatic carbocycles. The Morgan fingerprint density at radius 2 is 1.67 bits per heavy atom. The van der Waals surface area contributed by atoms with Crippen LogP contribution in [0.1, 0.15) is 0 Å². The lowest BCUT2D eigenvalue weighted by molar-refractivity contribution is -0.0857. The molecule has 0 aromatic carbocycles. The summed E-state index contributed by atoms with van der Waals surface area (Å²) in [5, 5.41) is 3.54. The third-order valence-electron chi connectivity index (χ3n) is 0.148. The Kier molecular flexibility index (Phi) is 1.43. The van der Waals surface area contributed by atoms with E-state index in [4.69, 9.17) is 5.41 Å². The summed E-state index contributed by atoms with van der Waals surface area (Å²) in [4.78, 5) is 0. The Bertz CT molecular complexity index is 59.8. The summed E-state index contributed by atoms with van der Waals surface area (Å²) in [6, 6.07) is 0. The Balaban J connectivity index is 3.26. The van der Waals surface area contributed by atoms with Crippen molar-refractivity contribution in [2.45, 2.75) is 0 Å². The predicted octanol–water partition coefficient (Wildman–Crippen LogP) is 0.962. The molecule has 0 aliphatic rings. The van der Waals surface area contributed by atoms with Crippen LogP contribution >= 0.6 is 0 Å². The van der Waals surface area contributed by atoms with Gasteiger partial charge in [-0.05, 0) is 0 Å². The largest absolute Gasteiger partial charge is 0.337 e. The van der Waals surface area contributed by atoms with Crippen LogP contribution in [0.2, 0.25) is 0 Å². The highest BCUT2D eigenvalue weighted by molar-refractivity contribution is 5.65. The summed E-state index contributed by atoms with van der Waals surface area (Å²) in [5.74, 6) is 0. The van der Waals surface area contributed by atoms with Gasteiger partial charge in [-0.3, -0.25) is 5.41 Å². The second kappa shape index (κ2) is 1.64. The summed E-state index contributed by atoms with van der Waals surface area (Å²) in [5.41, 5.74) is 0. The van der Waals surface area contributed by atoms with Gasteiger partial charge in [-0.1, -0.05) is 8.96 Å². The van der Waals surface area contributed by atoms with Gasteiger partial charge in [-0.25, -0.2) is 0 Å². The van der Waals surface area contributed by atoms with Crippen LogP contribution in [-0.4, -0.2) is 11.4 Å². The summed E-state index contributed by atoms with van der Waals surface area (Å²) >= 11 is 0. The summed E-state index contributed by atoms with van der Waals surface area (Å²) in [6.07, 6.45) is -2.24. The average molecular weight is 98.0 g/mol. The highest BCUT2D eigenvalue weighted by Crippen LogP contribution is 1.89. The van der Waals surface area contributed by atoms with Crippen molar-refractivity contribution >= 4 is 6.09 Å². The number of hydrogen-bond acceptors (Lipinski definition) is 1. The second-order valence-corrected chi connectivity index (χ2v) is 0.524. The minimum Gasteiger partial charge on any atom is -0.254 e. The van der Waals surface area contributed by atoms with Crippen LogP contribution in [0, 0.1) is 5.41 Å². The smallest absolute Gasteiger partial charge is 0.254 e. The predicted molar refractivity (Wildman–Crippen MR) is 12.9 cm³/mol. The summed E-state index contributed by atoms with van der Waals surface area (Å²) < 4.78 is 31.4. The zero-order chi connectivity index (χ0) is 5.15. The number of hydrogen-bond donors (Lipinski definition) is 1. The first-order chi connectivity index (χ1) is 2.64. The van der Waals surface area contributed by atoms with Gasteiger partial charge in [0, 0.05) is 5.34 Å². The molecule has 0 unspecified atom stereocenters.